The lowest BCUT2D eigenvalue weighted by Gasteiger charge is -2.60. The van der Waals surface area contributed by atoms with E-state index >= 15 is 0 Å². The van der Waals surface area contributed by atoms with E-state index in [1.807, 2.05) is 13.8 Å². The molecule has 0 aromatic heterocycles. The van der Waals surface area contributed by atoms with Crippen molar-refractivity contribution < 1.29 is 73.1 Å². The Morgan fingerprint density at radius 1 is 0.733 bits per heavy atom. The minimum atomic E-state index is -5.00. The summed E-state index contributed by atoms with van der Waals surface area (Å²) < 4.78 is 22.1. The largest absolute Gasteiger partial charge is 0.470 e. The fourth-order valence-corrected chi connectivity index (χ4v) is 15.2. The highest BCUT2D eigenvalue weighted by Gasteiger charge is 2.71. The molecule has 0 unspecified atom stereocenters. The van der Waals surface area contributed by atoms with Crippen LogP contribution in [0.5, 0.6) is 0 Å². The summed E-state index contributed by atoms with van der Waals surface area (Å²) in [6.45, 7) is 5.45. The number of phosphoric acid groups is 1. The molecule has 15 nitrogen and oxygen atoms in total. The second-order valence-electron chi connectivity index (χ2n) is 20.0. The molecule has 7 N–H and O–H groups in total. The fourth-order valence-electron chi connectivity index (χ4n) is 14.9. The summed E-state index contributed by atoms with van der Waals surface area (Å²) in [5.74, 6) is -5.01. The molecule has 0 radical (unpaired) electrons. The zero-order chi connectivity index (χ0) is 43.7. The summed E-state index contributed by atoms with van der Waals surface area (Å²) >= 11 is 0. The molecule has 0 saturated heterocycles. The molecule has 16 heteroatoms. The lowest BCUT2D eigenvalue weighted by Crippen LogP contribution is -2.62. The number of phosphoric ester groups is 1. The molecule has 8 rings (SSSR count). The lowest BCUT2D eigenvalue weighted by molar-refractivity contribution is -0.182. The Kier molecular flexibility index (Phi) is 10.4. The number of ether oxygens (including phenoxy) is 1. The van der Waals surface area contributed by atoms with Crippen LogP contribution in [0.3, 0.4) is 0 Å². The van der Waals surface area contributed by atoms with Gasteiger partial charge in [-0.3, -0.25) is 28.5 Å². The number of carbonyl (C=O) groups is 5. The van der Waals surface area contributed by atoms with E-state index in [0.29, 0.717) is 49.7 Å². The van der Waals surface area contributed by atoms with Crippen LogP contribution < -0.4 is 0 Å². The number of fused-ring (bicyclic) bond motifs is 10. The van der Waals surface area contributed by atoms with Crippen LogP contribution in [0, 0.1) is 57.2 Å². The van der Waals surface area contributed by atoms with Gasteiger partial charge in [-0.2, -0.15) is 0 Å². The molecule has 60 heavy (non-hydrogen) atoms. The third-order valence-electron chi connectivity index (χ3n) is 17.8. The van der Waals surface area contributed by atoms with Crippen LogP contribution in [0.25, 0.3) is 0 Å². The van der Waals surface area contributed by atoms with Gasteiger partial charge < -0.3 is 40.1 Å². The summed E-state index contributed by atoms with van der Waals surface area (Å²) in [7, 11) is -5.00. The van der Waals surface area contributed by atoms with Gasteiger partial charge in [-0.25, -0.2) is 4.57 Å². The van der Waals surface area contributed by atoms with Gasteiger partial charge in [-0.15, -0.1) is 0 Å². The number of aliphatic hydroxyl groups excluding tert-OH is 3. The number of carbonyl (C=O) groups excluding carboxylic acids is 5. The highest BCUT2D eigenvalue weighted by atomic mass is 31.2. The summed E-state index contributed by atoms with van der Waals surface area (Å²) in [4.78, 5) is 85.6. The van der Waals surface area contributed by atoms with Gasteiger partial charge in [0.25, 0.3) is 0 Å². The van der Waals surface area contributed by atoms with Crippen LogP contribution >= 0.6 is 7.82 Å². The van der Waals surface area contributed by atoms with E-state index in [-0.39, 0.29) is 73.1 Å². The number of allylic oxidation sites excluding steroid dienone is 6. The minimum Gasteiger partial charge on any atom is -0.430 e. The van der Waals surface area contributed by atoms with Crippen LogP contribution in [-0.4, -0.2) is 101 Å². The molecule has 6 fully saturated rings. The molecule has 0 amide bonds. The zero-order valence-corrected chi connectivity index (χ0v) is 35.4. The predicted molar refractivity (Wildman–Crippen MR) is 210 cm³/mol. The first-order valence-electron chi connectivity index (χ1n) is 21.2. The molecule has 0 aromatic rings. The third kappa shape index (κ3) is 6.04. The first-order chi connectivity index (χ1) is 27.9. The Labute approximate surface area is 348 Å². The number of ketones is 4. The SMILES string of the molecule is C[C@@]12C(=CC(=O)C=C1CC(=O)OC1=CC(=O)C=C3CC[C@@H]4[C@H]([C@@H](O)C[C@@]5(C)[C@H]4CC[C@]5(O)C(=O)CO)[C@]31C)CC[C@@H]1[C@@H]2[C@@H](O)C[C@@]2(C)[C@H]1CC[C@]2(O)C(=O)COP(=O)(O)O. The van der Waals surface area contributed by atoms with E-state index in [1.165, 1.54) is 18.2 Å². The van der Waals surface area contributed by atoms with Crippen molar-refractivity contribution in [3.63, 3.8) is 0 Å². The van der Waals surface area contributed by atoms with E-state index in [2.05, 4.69) is 4.52 Å². The number of hydrogen-bond acceptors (Lipinski definition) is 13. The molecule has 0 aliphatic heterocycles. The maximum absolute atomic E-state index is 14.3. The van der Waals surface area contributed by atoms with Crippen molar-refractivity contribution in [2.45, 2.75) is 122 Å². The standard InChI is InChI=1S/C44H57O15P/c1-39-19-32(49)38-28(30(39)9-11-43(39,53)33(50)20-45)8-6-23-14-26(47)17-35(42(23,38)4)59-36(52)16-24-15-25(46)13-22-5-7-27-29-10-12-44(54,34(51)21-58-60(55,56)57)40(29,2)18-31(48)37(27)41(22,24)3/h13-15,17,27-32,37-38,45,48-49,53-54H,5-12,16,18-21H2,1-4H3,(H2,55,56,57)/t27-,28-,29-,30-,31-,32-,37+,38+,39-,40-,41+,42+,43-,44-/m0/s1. The van der Waals surface area contributed by atoms with E-state index in [4.69, 9.17) is 4.74 Å². The van der Waals surface area contributed by atoms with E-state index in [9.17, 15) is 63.9 Å². The molecule has 0 heterocycles. The molecule has 328 valence electrons. The number of hydrogen-bond donors (Lipinski definition) is 7. The van der Waals surface area contributed by atoms with Crippen molar-refractivity contribution >= 4 is 36.9 Å². The first kappa shape index (κ1) is 43.7. The van der Waals surface area contributed by atoms with Crippen molar-refractivity contribution in [1.29, 1.82) is 0 Å². The third-order valence-corrected chi connectivity index (χ3v) is 18.2. The Bertz CT molecular complexity index is 2120. The summed E-state index contributed by atoms with van der Waals surface area (Å²) in [5, 5.41) is 57.4. The van der Waals surface area contributed by atoms with Crippen LogP contribution in [0.2, 0.25) is 0 Å². The van der Waals surface area contributed by atoms with Crippen LogP contribution in [0.15, 0.2) is 46.8 Å². The van der Waals surface area contributed by atoms with Crippen molar-refractivity contribution in [3.8, 4) is 0 Å². The monoisotopic (exact) mass is 856 g/mol. The van der Waals surface area contributed by atoms with Crippen molar-refractivity contribution in [1.82, 2.24) is 0 Å². The quantitative estimate of drug-likeness (QED) is 0.130. The van der Waals surface area contributed by atoms with Gasteiger partial charge in [0.15, 0.2) is 23.1 Å². The van der Waals surface area contributed by atoms with E-state index in [0.717, 1.165) is 5.57 Å². The molecule has 6 saturated carbocycles. The van der Waals surface area contributed by atoms with Crippen molar-refractivity contribution in [2.75, 3.05) is 13.2 Å². The van der Waals surface area contributed by atoms with Crippen LogP contribution in [0.4, 0.5) is 0 Å². The van der Waals surface area contributed by atoms with Crippen molar-refractivity contribution in [2.24, 2.45) is 57.2 Å². The van der Waals surface area contributed by atoms with Gasteiger partial charge in [0.05, 0.1) is 24.0 Å². The highest BCUT2D eigenvalue weighted by molar-refractivity contribution is 7.46. The van der Waals surface area contributed by atoms with Gasteiger partial charge in [-0.05, 0) is 119 Å². The second-order valence-corrected chi connectivity index (χ2v) is 21.2. The Morgan fingerprint density at radius 3 is 1.73 bits per heavy atom. The van der Waals surface area contributed by atoms with E-state index < -0.39 is 95.5 Å². The fraction of sp³-hybridized carbons (Fsp3) is 0.705. The molecular weight excluding hydrogens is 799 g/mol. The van der Waals surface area contributed by atoms with Gasteiger partial charge in [0, 0.05) is 34.2 Å². The van der Waals surface area contributed by atoms with Gasteiger partial charge >= 0.3 is 13.8 Å². The average Bonchev–Trinajstić information content (AvgIpc) is 3.59. The smallest absolute Gasteiger partial charge is 0.430 e. The van der Waals surface area contributed by atoms with E-state index in [1.54, 1.807) is 19.9 Å². The Balaban J connectivity index is 1.06. The number of rotatable bonds is 9. The predicted octanol–water partition coefficient (Wildman–Crippen LogP) is 2.88. The molecule has 8 aliphatic carbocycles. The summed E-state index contributed by atoms with van der Waals surface area (Å²) in [6, 6.07) is 0. The molecular formula is C44H57O15P. The van der Waals surface area contributed by atoms with Gasteiger partial charge in [-0.1, -0.05) is 31.9 Å². The zero-order valence-electron chi connectivity index (χ0n) is 34.5. The van der Waals surface area contributed by atoms with Gasteiger partial charge in [0.2, 0.25) is 0 Å². The maximum Gasteiger partial charge on any atom is 0.470 e. The lowest BCUT2D eigenvalue weighted by atomic mass is 9.44. The first-order valence-corrected chi connectivity index (χ1v) is 22.7. The van der Waals surface area contributed by atoms with Gasteiger partial charge in [0.1, 0.15) is 30.2 Å². The number of esters is 1. The number of Topliss-reactive ketones (excluding diaryl/α,β-unsaturated/α-hetero) is 2. The Hall–Kier alpha value is -2.98. The van der Waals surface area contributed by atoms with Crippen molar-refractivity contribution in [3.05, 3.63) is 46.8 Å². The maximum atomic E-state index is 14.3. The molecule has 0 spiro atoms. The minimum absolute atomic E-state index is 0.00159. The molecule has 14 atom stereocenters. The number of aliphatic hydroxyl groups is 5. The summed E-state index contributed by atoms with van der Waals surface area (Å²) in [6.07, 6.45) is 6.20. The molecule has 0 bridgehead atoms. The topological polar surface area (TPSA) is 262 Å². The molecule has 8 aliphatic rings. The highest BCUT2D eigenvalue weighted by Crippen LogP contribution is 2.70. The van der Waals surface area contributed by atoms with Crippen LogP contribution in [0.1, 0.15) is 98.3 Å². The molecule has 0 aromatic carbocycles. The Morgan fingerprint density at radius 2 is 1.22 bits per heavy atom. The summed E-state index contributed by atoms with van der Waals surface area (Å²) in [5.41, 5.74) is -6.25. The normalized spacial score (nSPS) is 45.6. The van der Waals surface area contributed by atoms with Crippen LogP contribution in [-0.2, 0) is 37.8 Å². The second kappa shape index (κ2) is 14.3. The average molecular weight is 857 g/mol.